The number of furan rings is 1. The molecule has 0 unspecified atom stereocenters. The third-order valence-corrected chi connectivity index (χ3v) is 4.98. The Morgan fingerprint density at radius 3 is 2.52 bits per heavy atom. The number of aryl methyl sites for hydroxylation is 1. The summed E-state index contributed by atoms with van der Waals surface area (Å²) >= 11 is 0. The molecule has 1 aliphatic heterocycles. The summed E-state index contributed by atoms with van der Waals surface area (Å²) in [5.74, 6) is 0.890. The van der Waals surface area contributed by atoms with E-state index in [-0.39, 0.29) is 29.3 Å². The first-order valence-electron chi connectivity index (χ1n) is 9.39. The second-order valence-electron chi connectivity index (χ2n) is 7.05. The maximum Gasteiger partial charge on any atom is 0.289 e. The maximum absolute atomic E-state index is 13.1. The van der Waals surface area contributed by atoms with E-state index in [0.29, 0.717) is 48.8 Å². The molecular formula is C21H20FN3O4. The van der Waals surface area contributed by atoms with Gasteiger partial charge in [0.2, 0.25) is 5.91 Å². The number of piperidine rings is 1. The van der Waals surface area contributed by atoms with Gasteiger partial charge in [0.25, 0.3) is 5.91 Å². The van der Waals surface area contributed by atoms with Gasteiger partial charge in [-0.15, -0.1) is 0 Å². The van der Waals surface area contributed by atoms with Crippen molar-refractivity contribution in [3.63, 3.8) is 0 Å². The van der Waals surface area contributed by atoms with E-state index in [9.17, 15) is 14.0 Å². The van der Waals surface area contributed by atoms with E-state index in [1.165, 1.54) is 12.1 Å². The molecule has 1 N–H and O–H groups in total. The summed E-state index contributed by atoms with van der Waals surface area (Å²) in [6.07, 6.45) is 1.11. The van der Waals surface area contributed by atoms with E-state index in [2.05, 4.69) is 10.5 Å². The molecule has 7 nitrogen and oxygen atoms in total. The quantitative estimate of drug-likeness (QED) is 0.722. The van der Waals surface area contributed by atoms with Gasteiger partial charge in [-0.25, -0.2) is 4.39 Å². The Bertz CT molecular complexity index is 1020. The van der Waals surface area contributed by atoms with E-state index >= 15 is 0 Å². The van der Waals surface area contributed by atoms with Gasteiger partial charge in [0.1, 0.15) is 17.3 Å². The fourth-order valence-electron chi connectivity index (χ4n) is 3.38. The van der Waals surface area contributed by atoms with Crippen LogP contribution in [-0.2, 0) is 4.79 Å². The molecule has 0 spiro atoms. The first-order chi connectivity index (χ1) is 14.0. The number of nitrogens with one attached hydrogen (secondary N) is 1. The Balaban J connectivity index is 1.34. The van der Waals surface area contributed by atoms with Crippen LogP contribution in [-0.4, -0.2) is 35.0 Å². The molecule has 8 heteroatoms. The second-order valence-corrected chi connectivity index (χ2v) is 7.05. The lowest BCUT2D eigenvalue weighted by atomic mass is 9.95. The maximum atomic E-state index is 13.1. The van der Waals surface area contributed by atoms with Crippen LogP contribution in [0.4, 0.5) is 10.2 Å². The van der Waals surface area contributed by atoms with Gasteiger partial charge in [-0.05, 0) is 56.2 Å². The molecule has 3 aromatic rings. The third-order valence-electron chi connectivity index (χ3n) is 4.98. The molecule has 2 aromatic heterocycles. The van der Waals surface area contributed by atoms with Crippen LogP contribution in [0, 0.1) is 18.7 Å². The molecule has 1 saturated heterocycles. The summed E-state index contributed by atoms with van der Waals surface area (Å²) in [7, 11) is 0. The Kier molecular flexibility index (Phi) is 5.16. The number of halogens is 1. The number of amides is 2. The SMILES string of the molecule is Cc1cc(NC(=O)C2CCN(C(=O)c3ccc(-c4ccc(F)cc4)o3)CC2)no1. The minimum atomic E-state index is -0.331. The first-order valence-corrected chi connectivity index (χ1v) is 9.39. The van der Waals surface area contributed by atoms with Crippen LogP contribution in [0.1, 0.15) is 29.2 Å². The van der Waals surface area contributed by atoms with Crippen molar-refractivity contribution >= 4 is 17.6 Å². The Labute approximate surface area is 166 Å². The van der Waals surface area contributed by atoms with Crippen LogP contribution >= 0.6 is 0 Å². The van der Waals surface area contributed by atoms with Crippen LogP contribution < -0.4 is 5.32 Å². The van der Waals surface area contributed by atoms with Crippen LogP contribution in [0.2, 0.25) is 0 Å². The lowest BCUT2D eigenvalue weighted by Crippen LogP contribution is -2.41. The fraction of sp³-hybridized carbons (Fsp3) is 0.286. The number of rotatable bonds is 4. The molecule has 1 aromatic carbocycles. The van der Waals surface area contributed by atoms with Crippen molar-refractivity contribution in [3.8, 4) is 11.3 Å². The van der Waals surface area contributed by atoms with Gasteiger partial charge in [-0.3, -0.25) is 9.59 Å². The van der Waals surface area contributed by atoms with Gasteiger partial charge in [-0.2, -0.15) is 0 Å². The lowest BCUT2D eigenvalue weighted by molar-refractivity contribution is -0.121. The molecule has 1 aliphatic rings. The van der Waals surface area contributed by atoms with E-state index in [4.69, 9.17) is 8.94 Å². The standard InChI is InChI=1S/C21H20FN3O4/c1-13-12-19(24-29-13)23-20(26)15-8-10-25(11-9-15)21(27)18-7-6-17(28-18)14-2-4-16(22)5-3-14/h2-7,12,15H,8-11H2,1H3,(H,23,24,26). The van der Waals surface area contributed by atoms with E-state index in [1.54, 1.807) is 42.2 Å². The van der Waals surface area contributed by atoms with Crippen molar-refractivity contribution in [2.45, 2.75) is 19.8 Å². The highest BCUT2D eigenvalue weighted by Gasteiger charge is 2.29. The zero-order chi connectivity index (χ0) is 20.4. The van der Waals surface area contributed by atoms with Gasteiger partial charge in [0, 0.05) is 30.6 Å². The van der Waals surface area contributed by atoms with Crippen molar-refractivity contribution in [2.75, 3.05) is 18.4 Å². The molecule has 29 heavy (non-hydrogen) atoms. The summed E-state index contributed by atoms with van der Waals surface area (Å²) < 4.78 is 23.7. The summed E-state index contributed by atoms with van der Waals surface area (Å²) in [4.78, 5) is 26.8. The Hall–Kier alpha value is -3.42. The molecule has 0 radical (unpaired) electrons. The average Bonchev–Trinajstić information content (AvgIpc) is 3.37. The number of aromatic nitrogens is 1. The van der Waals surface area contributed by atoms with Crippen LogP contribution in [0.15, 0.2) is 51.4 Å². The van der Waals surface area contributed by atoms with Crippen molar-refractivity contribution < 1.29 is 22.9 Å². The van der Waals surface area contributed by atoms with Crippen LogP contribution in [0.5, 0.6) is 0 Å². The topological polar surface area (TPSA) is 88.6 Å². The monoisotopic (exact) mass is 397 g/mol. The number of carbonyl (C=O) groups excluding carboxylic acids is 2. The molecule has 0 bridgehead atoms. The predicted molar refractivity (Wildman–Crippen MR) is 103 cm³/mol. The second kappa shape index (κ2) is 7.90. The average molecular weight is 397 g/mol. The number of hydrogen-bond acceptors (Lipinski definition) is 5. The molecule has 4 rings (SSSR count). The largest absolute Gasteiger partial charge is 0.451 e. The van der Waals surface area contributed by atoms with Gasteiger partial charge in [-0.1, -0.05) is 5.16 Å². The van der Waals surface area contributed by atoms with Crippen molar-refractivity contribution in [3.05, 3.63) is 59.8 Å². The molecule has 2 amide bonds. The number of hydrogen-bond donors (Lipinski definition) is 1. The van der Waals surface area contributed by atoms with Crippen molar-refractivity contribution in [2.24, 2.45) is 5.92 Å². The molecule has 0 atom stereocenters. The minimum absolute atomic E-state index is 0.123. The van der Waals surface area contributed by atoms with Crippen LogP contribution in [0.3, 0.4) is 0 Å². The smallest absolute Gasteiger partial charge is 0.289 e. The van der Waals surface area contributed by atoms with Gasteiger partial charge in [0.05, 0.1) is 0 Å². The molecule has 150 valence electrons. The molecule has 0 aliphatic carbocycles. The summed E-state index contributed by atoms with van der Waals surface area (Å²) in [5, 5.41) is 6.50. The van der Waals surface area contributed by atoms with Gasteiger partial charge < -0.3 is 19.2 Å². The van der Waals surface area contributed by atoms with Gasteiger partial charge in [0.15, 0.2) is 11.6 Å². The van der Waals surface area contributed by atoms with Gasteiger partial charge >= 0.3 is 0 Å². The van der Waals surface area contributed by atoms with E-state index < -0.39 is 0 Å². The number of nitrogens with zero attached hydrogens (tertiary/aromatic N) is 2. The number of likely N-dealkylation sites (tertiary alicyclic amines) is 1. The zero-order valence-electron chi connectivity index (χ0n) is 15.9. The van der Waals surface area contributed by atoms with Crippen molar-refractivity contribution in [1.82, 2.24) is 10.1 Å². The highest BCUT2D eigenvalue weighted by Crippen LogP contribution is 2.25. The minimum Gasteiger partial charge on any atom is -0.451 e. The van der Waals surface area contributed by atoms with E-state index in [0.717, 1.165) is 0 Å². The summed E-state index contributed by atoms with van der Waals surface area (Å²) in [6.45, 7) is 2.67. The van der Waals surface area contributed by atoms with Crippen LogP contribution in [0.25, 0.3) is 11.3 Å². The molecule has 0 saturated carbocycles. The normalized spacial score (nSPS) is 14.8. The highest BCUT2D eigenvalue weighted by atomic mass is 19.1. The predicted octanol–water partition coefficient (Wildman–Crippen LogP) is 3.87. The number of carbonyl (C=O) groups is 2. The molecule has 1 fully saturated rings. The summed E-state index contributed by atoms with van der Waals surface area (Å²) in [6, 6.07) is 10.9. The van der Waals surface area contributed by atoms with Crippen molar-refractivity contribution in [1.29, 1.82) is 0 Å². The third kappa shape index (κ3) is 4.21. The Morgan fingerprint density at radius 1 is 1.14 bits per heavy atom. The zero-order valence-corrected chi connectivity index (χ0v) is 15.9. The highest BCUT2D eigenvalue weighted by molar-refractivity contribution is 5.93. The van der Waals surface area contributed by atoms with E-state index in [1.807, 2.05) is 0 Å². The lowest BCUT2D eigenvalue weighted by Gasteiger charge is -2.30. The number of benzene rings is 1. The molecular weight excluding hydrogens is 377 g/mol. The first kappa shape index (κ1) is 18.9. The fourth-order valence-corrected chi connectivity index (χ4v) is 3.38. The summed E-state index contributed by atoms with van der Waals surface area (Å²) in [5.41, 5.74) is 0.698. The molecule has 3 heterocycles. The number of anilines is 1. The Morgan fingerprint density at radius 2 is 1.86 bits per heavy atom.